The van der Waals surface area contributed by atoms with Gasteiger partial charge in [-0.25, -0.2) is 8.78 Å². The van der Waals surface area contributed by atoms with Gasteiger partial charge in [0.05, 0.1) is 6.54 Å². The number of amides is 2. The van der Waals surface area contributed by atoms with E-state index in [1.165, 1.54) is 0 Å². The molecule has 0 spiro atoms. The van der Waals surface area contributed by atoms with Crippen LogP contribution in [-0.2, 0) is 4.79 Å². The Bertz CT molecular complexity index is 441. The molecule has 6 nitrogen and oxygen atoms in total. The van der Waals surface area contributed by atoms with Crippen molar-refractivity contribution < 1.29 is 18.4 Å². The molecule has 1 rings (SSSR count). The largest absolute Gasteiger partial charge is 0.368 e. The van der Waals surface area contributed by atoms with Gasteiger partial charge >= 0.3 is 0 Å². The summed E-state index contributed by atoms with van der Waals surface area (Å²) in [4.78, 5) is 21.8. The molecule has 0 aliphatic heterocycles. The Morgan fingerprint density at radius 1 is 1.24 bits per heavy atom. The van der Waals surface area contributed by atoms with Crippen molar-refractivity contribution in [2.75, 3.05) is 12.0 Å². The minimum absolute atomic E-state index is 0.278. The van der Waals surface area contributed by atoms with Crippen molar-refractivity contribution in [2.24, 2.45) is 11.6 Å². The summed E-state index contributed by atoms with van der Waals surface area (Å²) in [6.45, 7) is -0.418. The van der Waals surface area contributed by atoms with E-state index in [0.717, 1.165) is 12.1 Å². The topological polar surface area (TPSA) is 110 Å². The number of nitrogens with two attached hydrogens (primary N) is 2. The molecule has 8 heteroatoms. The van der Waals surface area contributed by atoms with E-state index in [-0.39, 0.29) is 5.56 Å². The van der Waals surface area contributed by atoms with E-state index in [9.17, 15) is 18.4 Å². The van der Waals surface area contributed by atoms with Gasteiger partial charge in [0, 0.05) is 5.56 Å². The molecule has 1 aromatic rings. The van der Waals surface area contributed by atoms with Gasteiger partial charge in [-0.3, -0.25) is 15.4 Å². The monoisotopic (exact) mass is 244 g/mol. The van der Waals surface area contributed by atoms with E-state index < -0.39 is 35.7 Å². The number of carbonyl (C=O) groups excluding carboxylic acids is 2. The zero-order valence-electron chi connectivity index (χ0n) is 8.59. The third kappa shape index (κ3) is 3.11. The molecular formula is C9H10F2N4O2. The second-order valence-electron chi connectivity index (χ2n) is 3.11. The quantitative estimate of drug-likeness (QED) is 0.421. The maximum atomic E-state index is 13.2. The number of primary amides is 1. The maximum absolute atomic E-state index is 13.2. The van der Waals surface area contributed by atoms with E-state index >= 15 is 0 Å². The lowest BCUT2D eigenvalue weighted by atomic mass is 10.1. The first-order valence-corrected chi connectivity index (χ1v) is 4.48. The van der Waals surface area contributed by atoms with E-state index in [2.05, 4.69) is 5.32 Å². The van der Waals surface area contributed by atoms with Gasteiger partial charge in [0.25, 0.3) is 5.91 Å². The lowest BCUT2D eigenvalue weighted by Crippen LogP contribution is -2.33. The molecule has 0 fully saturated rings. The molecule has 6 N–H and O–H groups in total. The third-order valence-corrected chi connectivity index (χ3v) is 1.87. The van der Waals surface area contributed by atoms with Crippen molar-refractivity contribution in [1.82, 2.24) is 5.32 Å². The average Bonchev–Trinajstić information content (AvgIpc) is 2.25. The highest BCUT2D eigenvalue weighted by atomic mass is 19.1. The SMILES string of the molecule is NNc1c(F)cc(C(=O)NCC(N)=O)cc1F. The van der Waals surface area contributed by atoms with Crippen molar-refractivity contribution >= 4 is 17.5 Å². The number of anilines is 1. The molecule has 2 amide bonds. The molecule has 0 aromatic heterocycles. The number of hydrazine groups is 1. The third-order valence-electron chi connectivity index (χ3n) is 1.87. The van der Waals surface area contributed by atoms with E-state index in [4.69, 9.17) is 11.6 Å². The van der Waals surface area contributed by atoms with Crippen LogP contribution in [0.5, 0.6) is 0 Å². The predicted molar refractivity (Wildman–Crippen MR) is 55.7 cm³/mol. The first kappa shape index (κ1) is 12.8. The van der Waals surface area contributed by atoms with Crippen LogP contribution in [-0.4, -0.2) is 18.4 Å². The number of carbonyl (C=O) groups is 2. The standard InChI is InChI=1S/C9H10F2N4O2/c10-5-1-4(2-6(11)8(5)15-13)9(17)14-3-7(12)16/h1-2,15H,3,13H2,(H2,12,16)(H,14,17). The van der Waals surface area contributed by atoms with Gasteiger partial charge in [-0.2, -0.15) is 0 Å². The van der Waals surface area contributed by atoms with Crippen LogP contribution in [0.2, 0.25) is 0 Å². The van der Waals surface area contributed by atoms with E-state index in [0.29, 0.717) is 0 Å². The molecule has 0 saturated heterocycles. The second kappa shape index (κ2) is 5.21. The fourth-order valence-corrected chi connectivity index (χ4v) is 1.11. The van der Waals surface area contributed by atoms with Gasteiger partial charge < -0.3 is 16.5 Å². The summed E-state index contributed by atoms with van der Waals surface area (Å²) in [5.74, 6) is 1.27. The highest BCUT2D eigenvalue weighted by Gasteiger charge is 2.14. The number of nitrogen functional groups attached to an aromatic ring is 1. The van der Waals surface area contributed by atoms with Gasteiger partial charge in [-0.05, 0) is 12.1 Å². The molecule has 17 heavy (non-hydrogen) atoms. The van der Waals surface area contributed by atoms with Gasteiger partial charge in [-0.15, -0.1) is 0 Å². The highest BCUT2D eigenvalue weighted by Crippen LogP contribution is 2.19. The van der Waals surface area contributed by atoms with Crippen LogP contribution in [0.15, 0.2) is 12.1 Å². The van der Waals surface area contributed by atoms with Gasteiger partial charge in [0.15, 0.2) is 11.6 Å². The Hall–Kier alpha value is -2.22. The molecular weight excluding hydrogens is 234 g/mol. The molecule has 0 atom stereocenters. The van der Waals surface area contributed by atoms with Gasteiger partial charge in [0.2, 0.25) is 5.91 Å². The minimum atomic E-state index is -1.02. The summed E-state index contributed by atoms with van der Waals surface area (Å²) in [6, 6.07) is 1.57. The summed E-state index contributed by atoms with van der Waals surface area (Å²) >= 11 is 0. The molecule has 0 aliphatic rings. The Morgan fingerprint density at radius 3 is 2.18 bits per heavy atom. The Morgan fingerprint density at radius 2 is 1.76 bits per heavy atom. The molecule has 0 heterocycles. The van der Waals surface area contributed by atoms with Crippen LogP contribution in [0.4, 0.5) is 14.5 Å². The second-order valence-corrected chi connectivity index (χ2v) is 3.11. The van der Waals surface area contributed by atoms with Crippen LogP contribution in [0, 0.1) is 11.6 Å². The Balaban J connectivity index is 2.92. The first-order chi connectivity index (χ1) is 7.95. The normalized spacial score (nSPS) is 9.82. The van der Waals surface area contributed by atoms with E-state index in [1.54, 1.807) is 0 Å². The fourth-order valence-electron chi connectivity index (χ4n) is 1.11. The molecule has 0 radical (unpaired) electrons. The Kier molecular flexibility index (Phi) is 3.94. The van der Waals surface area contributed by atoms with Crippen molar-refractivity contribution in [3.63, 3.8) is 0 Å². The number of hydrogen-bond donors (Lipinski definition) is 4. The van der Waals surface area contributed by atoms with Crippen molar-refractivity contribution in [3.05, 3.63) is 29.3 Å². The van der Waals surface area contributed by atoms with Crippen LogP contribution >= 0.6 is 0 Å². The summed E-state index contributed by atoms with van der Waals surface area (Å²) < 4.78 is 26.4. The molecule has 92 valence electrons. The summed E-state index contributed by atoms with van der Waals surface area (Å²) in [5, 5.41) is 2.09. The number of nitrogens with one attached hydrogen (secondary N) is 2. The average molecular weight is 244 g/mol. The maximum Gasteiger partial charge on any atom is 0.251 e. The fraction of sp³-hybridized carbons (Fsp3) is 0.111. The number of hydrogen-bond acceptors (Lipinski definition) is 4. The summed E-state index contributed by atoms with van der Waals surface area (Å²) in [5.41, 5.74) is 5.80. The Labute approximate surface area is 94.9 Å². The summed E-state index contributed by atoms with van der Waals surface area (Å²) in [6.07, 6.45) is 0. The first-order valence-electron chi connectivity index (χ1n) is 4.48. The number of halogens is 2. The zero-order chi connectivity index (χ0) is 13.0. The van der Waals surface area contributed by atoms with E-state index in [1.807, 2.05) is 5.43 Å². The molecule has 0 saturated carbocycles. The van der Waals surface area contributed by atoms with Crippen molar-refractivity contribution in [3.8, 4) is 0 Å². The summed E-state index contributed by atoms with van der Waals surface area (Å²) in [7, 11) is 0. The van der Waals surface area contributed by atoms with Gasteiger partial charge in [0.1, 0.15) is 5.69 Å². The minimum Gasteiger partial charge on any atom is -0.368 e. The van der Waals surface area contributed by atoms with Crippen molar-refractivity contribution in [2.45, 2.75) is 0 Å². The predicted octanol–water partition coefficient (Wildman–Crippen LogP) is -0.534. The zero-order valence-corrected chi connectivity index (χ0v) is 8.59. The van der Waals surface area contributed by atoms with Crippen LogP contribution in [0.1, 0.15) is 10.4 Å². The number of benzene rings is 1. The molecule has 0 bridgehead atoms. The lowest BCUT2D eigenvalue weighted by molar-refractivity contribution is -0.117. The molecule has 0 unspecified atom stereocenters. The molecule has 0 aliphatic carbocycles. The lowest BCUT2D eigenvalue weighted by Gasteiger charge is -2.07. The highest BCUT2D eigenvalue weighted by molar-refractivity contribution is 5.96. The number of rotatable bonds is 4. The molecule has 1 aromatic carbocycles. The van der Waals surface area contributed by atoms with Crippen molar-refractivity contribution in [1.29, 1.82) is 0 Å². The van der Waals surface area contributed by atoms with Crippen LogP contribution in [0.25, 0.3) is 0 Å². The van der Waals surface area contributed by atoms with Gasteiger partial charge in [-0.1, -0.05) is 0 Å². The van der Waals surface area contributed by atoms with Crippen LogP contribution in [0.3, 0.4) is 0 Å². The van der Waals surface area contributed by atoms with Crippen LogP contribution < -0.4 is 22.3 Å². The smallest absolute Gasteiger partial charge is 0.251 e.